The van der Waals surface area contributed by atoms with Crippen molar-refractivity contribution in [1.82, 2.24) is 0 Å². The molecule has 12 heavy (non-hydrogen) atoms. The van der Waals surface area contributed by atoms with E-state index in [1.807, 2.05) is 0 Å². The molecule has 0 aliphatic heterocycles. The van der Waals surface area contributed by atoms with Crippen LogP contribution in [0.5, 0.6) is 0 Å². The molecule has 0 rings (SSSR count). The highest BCUT2D eigenvalue weighted by molar-refractivity contribution is 4.67. The summed E-state index contributed by atoms with van der Waals surface area (Å²) in [5.74, 6) is 0.890. The van der Waals surface area contributed by atoms with Gasteiger partial charge >= 0.3 is 0 Å². The second-order valence-electron chi connectivity index (χ2n) is 3.62. The maximum atomic E-state index is 8.30. The first-order valence-corrected chi connectivity index (χ1v) is 5.18. The molecule has 0 aromatic heterocycles. The van der Waals surface area contributed by atoms with Gasteiger partial charge < -0.3 is 0 Å². The van der Waals surface area contributed by atoms with Gasteiger partial charge in [-0.1, -0.05) is 46.0 Å². The molecular weight excluding hydrogens is 146 g/mol. The molecule has 0 radical (unpaired) electrons. The largest absolute Gasteiger partial charge is 0.198 e. The summed E-state index contributed by atoms with van der Waals surface area (Å²) in [6, 6.07) is 2.18. The van der Waals surface area contributed by atoms with E-state index in [0.29, 0.717) is 0 Å². The van der Waals surface area contributed by atoms with E-state index >= 15 is 0 Å². The molecule has 70 valence electrons. The smallest absolute Gasteiger partial charge is 0.0621 e. The molecule has 0 saturated carbocycles. The van der Waals surface area contributed by atoms with Gasteiger partial charge in [-0.3, -0.25) is 0 Å². The summed E-state index contributed by atoms with van der Waals surface area (Å²) in [6.45, 7) is 4.57. The van der Waals surface area contributed by atoms with Crippen LogP contribution in [-0.2, 0) is 0 Å². The maximum absolute atomic E-state index is 8.30. The molecular formula is C11H21N. The van der Waals surface area contributed by atoms with Crippen molar-refractivity contribution in [3.63, 3.8) is 0 Å². The van der Waals surface area contributed by atoms with Gasteiger partial charge in [-0.05, 0) is 12.3 Å². The molecule has 0 bridgehead atoms. The molecule has 0 aromatic carbocycles. The zero-order valence-corrected chi connectivity index (χ0v) is 8.47. The summed E-state index contributed by atoms with van der Waals surface area (Å²) in [5, 5.41) is 8.30. The highest BCUT2D eigenvalue weighted by atomic mass is 14.2. The number of unbranched alkanes of at least 4 members (excludes halogenated alkanes) is 4. The van der Waals surface area contributed by atoms with Crippen molar-refractivity contribution >= 4 is 0 Å². The molecule has 1 heteroatoms. The van der Waals surface area contributed by atoms with Gasteiger partial charge in [-0.2, -0.15) is 5.26 Å². The Morgan fingerprint density at radius 3 is 2.42 bits per heavy atom. The van der Waals surface area contributed by atoms with Gasteiger partial charge in [0.05, 0.1) is 6.07 Å². The average Bonchev–Trinajstić information content (AvgIpc) is 2.10. The number of hydrogen-bond acceptors (Lipinski definition) is 1. The molecule has 0 amide bonds. The van der Waals surface area contributed by atoms with Crippen molar-refractivity contribution in [1.29, 1.82) is 5.26 Å². The van der Waals surface area contributed by atoms with Crippen LogP contribution in [0.2, 0.25) is 0 Å². The van der Waals surface area contributed by atoms with Gasteiger partial charge in [-0.15, -0.1) is 0 Å². The maximum Gasteiger partial charge on any atom is 0.0621 e. The van der Waals surface area contributed by atoms with Crippen molar-refractivity contribution in [3.8, 4) is 6.07 Å². The zero-order chi connectivity index (χ0) is 9.23. The van der Waals surface area contributed by atoms with Gasteiger partial charge in [0, 0.05) is 6.42 Å². The van der Waals surface area contributed by atoms with Crippen LogP contribution in [0.25, 0.3) is 0 Å². The first-order chi connectivity index (χ1) is 5.81. The van der Waals surface area contributed by atoms with E-state index in [0.717, 1.165) is 18.8 Å². The van der Waals surface area contributed by atoms with Gasteiger partial charge in [0.1, 0.15) is 0 Å². The first kappa shape index (κ1) is 11.5. The standard InChI is InChI=1S/C11H21N/c1-3-11(2)9-7-5-4-6-8-10-12/h11H,3-9H2,1-2H3/t11-/m1/s1. The molecule has 0 fully saturated rings. The van der Waals surface area contributed by atoms with E-state index in [1.54, 1.807) is 0 Å². The van der Waals surface area contributed by atoms with Crippen LogP contribution in [0.15, 0.2) is 0 Å². The molecule has 0 aliphatic carbocycles. The minimum Gasteiger partial charge on any atom is -0.198 e. The minimum atomic E-state index is 0.739. The van der Waals surface area contributed by atoms with Crippen LogP contribution >= 0.6 is 0 Å². The molecule has 0 N–H and O–H groups in total. The number of nitrogens with zero attached hydrogens (tertiary/aromatic N) is 1. The van der Waals surface area contributed by atoms with E-state index in [2.05, 4.69) is 19.9 Å². The Balaban J connectivity index is 2.96. The van der Waals surface area contributed by atoms with E-state index in [4.69, 9.17) is 5.26 Å². The quantitative estimate of drug-likeness (QED) is 0.527. The van der Waals surface area contributed by atoms with Crippen molar-refractivity contribution in [3.05, 3.63) is 0 Å². The SMILES string of the molecule is CC[C@@H](C)CCCCCCC#N. The fourth-order valence-electron chi connectivity index (χ4n) is 1.25. The lowest BCUT2D eigenvalue weighted by Crippen LogP contribution is -1.91. The van der Waals surface area contributed by atoms with Gasteiger partial charge in [0.2, 0.25) is 0 Å². The van der Waals surface area contributed by atoms with Gasteiger partial charge in [0.25, 0.3) is 0 Å². The van der Waals surface area contributed by atoms with Crippen LogP contribution in [0.3, 0.4) is 0 Å². The van der Waals surface area contributed by atoms with Gasteiger partial charge in [-0.25, -0.2) is 0 Å². The summed E-state index contributed by atoms with van der Waals surface area (Å²) in [7, 11) is 0. The van der Waals surface area contributed by atoms with Crippen LogP contribution in [0, 0.1) is 17.2 Å². The highest BCUT2D eigenvalue weighted by Crippen LogP contribution is 2.13. The van der Waals surface area contributed by atoms with E-state index in [-0.39, 0.29) is 0 Å². The predicted molar refractivity (Wildman–Crippen MR) is 52.8 cm³/mol. The van der Waals surface area contributed by atoms with Crippen molar-refractivity contribution in [2.24, 2.45) is 5.92 Å². The Kier molecular flexibility index (Phi) is 8.22. The Bertz CT molecular complexity index is 123. The van der Waals surface area contributed by atoms with Crippen LogP contribution in [-0.4, -0.2) is 0 Å². The summed E-state index contributed by atoms with van der Waals surface area (Å²) < 4.78 is 0. The molecule has 0 spiro atoms. The molecule has 0 saturated heterocycles. The lowest BCUT2D eigenvalue weighted by Gasteiger charge is -2.06. The summed E-state index contributed by atoms with van der Waals surface area (Å²) >= 11 is 0. The van der Waals surface area contributed by atoms with Crippen molar-refractivity contribution in [2.75, 3.05) is 0 Å². The third-order valence-electron chi connectivity index (χ3n) is 2.43. The van der Waals surface area contributed by atoms with Gasteiger partial charge in [0.15, 0.2) is 0 Å². The molecule has 0 heterocycles. The number of hydrogen-bond donors (Lipinski definition) is 0. The van der Waals surface area contributed by atoms with E-state index in [9.17, 15) is 0 Å². The molecule has 0 aromatic rings. The molecule has 0 unspecified atom stereocenters. The van der Waals surface area contributed by atoms with E-state index < -0.39 is 0 Å². The molecule has 0 aliphatic rings. The van der Waals surface area contributed by atoms with Crippen molar-refractivity contribution in [2.45, 2.75) is 58.8 Å². The first-order valence-electron chi connectivity index (χ1n) is 5.18. The Morgan fingerprint density at radius 2 is 1.83 bits per heavy atom. The summed E-state index contributed by atoms with van der Waals surface area (Å²) in [4.78, 5) is 0. The Morgan fingerprint density at radius 1 is 1.17 bits per heavy atom. The Labute approximate surface area is 76.8 Å². The predicted octanol–water partition coefficient (Wildman–Crippen LogP) is 3.90. The van der Waals surface area contributed by atoms with Crippen LogP contribution in [0.1, 0.15) is 58.8 Å². The third-order valence-corrected chi connectivity index (χ3v) is 2.43. The topological polar surface area (TPSA) is 23.8 Å². The summed E-state index contributed by atoms with van der Waals surface area (Å²) in [5.41, 5.74) is 0. The number of nitriles is 1. The monoisotopic (exact) mass is 167 g/mol. The van der Waals surface area contributed by atoms with Crippen LogP contribution in [0.4, 0.5) is 0 Å². The number of rotatable bonds is 7. The molecule has 1 nitrogen and oxygen atoms in total. The van der Waals surface area contributed by atoms with Crippen LogP contribution < -0.4 is 0 Å². The normalized spacial score (nSPS) is 12.4. The fraction of sp³-hybridized carbons (Fsp3) is 0.909. The summed E-state index contributed by atoms with van der Waals surface area (Å²) in [6.07, 6.45) is 8.40. The highest BCUT2D eigenvalue weighted by Gasteiger charge is 1.97. The Hall–Kier alpha value is -0.510. The lowest BCUT2D eigenvalue weighted by atomic mass is 10.0. The second-order valence-corrected chi connectivity index (χ2v) is 3.62. The van der Waals surface area contributed by atoms with Crippen molar-refractivity contribution < 1.29 is 0 Å². The van der Waals surface area contributed by atoms with E-state index in [1.165, 1.54) is 32.1 Å². The second kappa shape index (κ2) is 8.59. The average molecular weight is 167 g/mol. The third kappa shape index (κ3) is 7.60. The zero-order valence-electron chi connectivity index (χ0n) is 8.47. The minimum absolute atomic E-state index is 0.739. The molecule has 1 atom stereocenters. The fourth-order valence-corrected chi connectivity index (χ4v) is 1.25. The lowest BCUT2D eigenvalue weighted by molar-refractivity contribution is 0.475.